The van der Waals surface area contributed by atoms with Crippen LogP contribution in [0.25, 0.3) is 11.1 Å². The molecule has 1 aromatic heterocycles. The highest BCUT2D eigenvalue weighted by molar-refractivity contribution is 5.95. The Morgan fingerprint density at radius 2 is 2.04 bits per heavy atom. The number of aromatic hydroxyl groups is 1. The molecule has 132 valence electrons. The number of carbonyl (C=O) groups excluding carboxylic acids is 1. The Balaban J connectivity index is 1.43. The highest BCUT2D eigenvalue weighted by Gasteiger charge is 2.27. The van der Waals surface area contributed by atoms with Gasteiger partial charge in [0.25, 0.3) is 5.91 Å². The van der Waals surface area contributed by atoms with Crippen LogP contribution in [0.1, 0.15) is 22.3 Å². The Morgan fingerprint density at radius 1 is 1.19 bits per heavy atom. The van der Waals surface area contributed by atoms with Crippen LogP contribution in [0, 0.1) is 5.92 Å². The molecule has 5 heteroatoms. The number of H-pyrrole nitrogens is 1. The van der Waals surface area contributed by atoms with Crippen molar-refractivity contribution < 1.29 is 9.90 Å². The minimum absolute atomic E-state index is 0.0866. The van der Waals surface area contributed by atoms with Gasteiger partial charge in [0.2, 0.25) is 0 Å². The summed E-state index contributed by atoms with van der Waals surface area (Å²) in [5.74, 6) is 0.832. The summed E-state index contributed by atoms with van der Waals surface area (Å²) in [5, 5.41) is 16.2. The van der Waals surface area contributed by atoms with Gasteiger partial charge in [0, 0.05) is 30.4 Å². The predicted octanol–water partition coefficient (Wildman–Crippen LogP) is 3.49. The Labute approximate surface area is 152 Å². The second kappa shape index (κ2) is 7.04. The first-order valence-corrected chi connectivity index (χ1v) is 8.85. The second-order valence-electron chi connectivity index (χ2n) is 6.84. The van der Waals surface area contributed by atoms with Crippen molar-refractivity contribution in [1.29, 1.82) is 0 Å². The summed E-state index contributed by atoms with van der Waals surface area (Å²) < 4.78 is 0. The number of benzene rings is 2. The maximum Gasteiger partial charge on any atom is 0.253 e. The van der Waals surface area contributed by atoms with Crippen LogP contribution < -0.4 is 0 Å². The van der Waals surface area contributed by atoms with Crippen molar-refractivity contribution >= 4 is 5.91 Å². The normalized spacial score (nSPS) is 16.8. The summed E-state index contributed by atoms with van der Waals surface area (Å²) in [4.78, 5) is 14.8. The van der Waals surface area contributed by atoms with Crippen LogP contribution in [0.4, 0.5) is 0 Å². The minimum atomic E-state index is 0.0866. The Morgan fingerprint density at radius 3 is 2.81 bits per heavy atom. The van der Waals surface area contributed by atoms with Crippen LogP contribution in [-0.4, -0.2) is 39.2 Å². The molecule has 1 aliphatic rings. The van der Waals surface area contributed by atoms with E-state index in [1.807, 2.05) is 47.5 Å². The summed E-state index contributed by atoms with van der Waals surface area (Å²) in [7, 11) is 0. The first-order chi connectivity index (χ1) is 12.7. The van der Waals surface area contributed by atoms with Crippen LogP contribution in [0.2, 0.25) is 0 Å². The predicted molar refractivity (Wildman–Crippen MR) is 99.8 cm³/mol. The summed E-state index contributed by atoms with van der Waals surface area (Å²) in [6.45, 7) is 1.56. The lowest BCUT2D eigenvalue weighted by Crippen LogP contribution is -2.28. The van der Waals surface area contributed by atoms with E-state index in [1.165, 1.54) is 5.56 Å². The Bertz CT molecular complexity index is 888. The van der Waals surface area contributed by atoms with Crippen molar-refractivity contribution in [3.8, 4) is 16.9 Å². The molecule has 1 saturated heterocycles. The van der Waals surface area contributed by atoms with E-state index in [9.17, 15) is 9.90 Å². The number of carbonyl (C=O) groups is 1. The maximum absolute atomic E-state index is 12.9. The number of amides is 1. The molecule has 0 spiro atoms. The minimum Gasteiger partial charge on any atom is -0.508 e. The quantitative estimate of drug-likeness (QED) is 0.759. The molecule has 4 rings (SSSR count). The number of likely N-dealkylation sites (tertiary alicyclic amines) is 1. The molecule has 0 aliphatic carbocycles. The largest absolute Gasteiger partial charge is 0.508 e. The van der Waals surface area contributed by atoms with Gasteiger partial charge in [-0.05, 0) is 54.2 Å². The zero-order valence-electron chi connectivity index (χ0n) is 14.4. The molecule has 5 nitrogen and oxygen atoms in total. The number of hydrogen-bond acceptors (Lipinski definition) is 3. The molecule has 2 N–H and O–H groups in total. The molecule has 1 atom stereocenters. The first kappa shape index (κ1) is 16.4. The number of aromatic nitrogens is 2. The molecule has 1 unspecified atom stereocenters. The van der Waals surface area contributed by atoms with Crippen LogP contribution in [0.5, 0.6) is 5.75 Å². The SMILES string of the molecule is O=C(c1cccc(-c2cn[nH]c2)c1)N1CCC(Cc2ccc(O)cc2)C1. The molecule has 0 radical (unpaired) electrons. The van der Waals surface area contributed by atoms with E-state index in [1.54, 1.807) is 18.3 Å². The highest BCUT2D eigenvalue weighted by atomic mass is 16.3. The maximum atomic E-state index is 12.9. The summed E-state index contributed by atoms with van der Waals surface area (Å²) in [6, 6.07) is 15.0. The summed E-state index contributed by atoms with van der Waals surface area (Å²) in [5.41, 5.74) is 3.88. The van der Waals surface area contributed by atoms with Gasteiger partial charge in [0.05, 0.1) is 6.20 Å². The molecule has 0 bridgehead atoms. The summed E-state index contributed by atoms with van der Waals surface area (Å²) in [6.07, 6.45) is 5.52. The number of hydrogen-bond donors (Lipinski definition) is 2. The lowest BCUT2D eigenvalue weighted by Gasteiger charge is -2.17. The van der Waals surface area contributed by atoms with Crippen LogP contribution in [0.15, 0.2) is 60.9 Å². The average molecular weight is 347 g/mol. The molecular formula is C21H21N3O2. The van der Waals surface area contributed by atoms with Gasteiger partial charge in [-0.2, -0.15) is 5.10 Å². The third-order valence-corrected chi connectivity index (χ3v) is 4.97. The van der Waals surface area contributed by atoms with Gasteiger partial charge in [-0.3, -0.25) is 9.89 Å². The molecule has 1 aliphatic heterocycles. The first-order valence-electron chi connectivity index (χ1n) is 8.85. The topological polar surface area (TPSA) is 69.2 Å². The van der Waals surface area contributed by atoms with Gasteiger partial charge in [0.15, 0.2) is 0 Å². The molecule has 26 heavy (non-hydrogen) atoms. The fourth-order valence-corrected chi connectivity index (χ4v) is 3.57. The molecular weight excluding hydrogens is 326 g/mol. The second-order valence-corrected chi connectivity index (χ2v) is 6.84. The van der Waals surface area contributed by atoms with Gasteiger partial charge in [-0.25, -0.2) is 0 Å². The molecule has 3 aromatic rings. The smallest absolute Gasteiger partial charge is 0.253 e. The standard InChI is InChI=1S/C21H21N3O2/c25-20-6-4-15(5-7-20)10-16-8-9-24(14-16)21(26)18-3-1-2-17(11-18)19-12-22-23-13-19/h1-7,11-13,16,25H,8-10,14H2,(H,22,23). The van der Waals surface area contributed by atoms with Gasteiger partial charge in [-0.15, -0.1) is 0 Å². The number of phenolic OH excluding ortho intramolecular Hbond substituents is 1. The molecule has 1 fully saturated rings. The van der Waals surface area contributed by atoms with E-state index in [4.69, 9.17) is 0 Å². The fourth-order valence-electron chi connectivity index (χ4n) is 3.57. The monoisotopic (exact) mass is 347 g/mol. The van der Waals surface area contributed by atoms with Gasteiger partial charge in [-0.1, -0.05) is 24.3 Å². The molecule has 2 aromatic carbocycles. The number of nitrogens with zero attached hydrogens (tertiary/aromatic N) is 2. The third-order valence-electron chi connectivity index (χ3n) is 4.97. The van der Waals surface area contributed by atoms with Crippen LogP contribution >= 0.6 is 0 Å². The number of phenols is 1. The van der Waals surface area contributed by atoms with E-state index < -0.39 is 0 Å². The molecule has 0 saturated carbocycles. The number of nitrogens with one attached hydrogen (secondary N) is 1. The fraction of sp³-hybridized carbons (Fsp3) is 0.238. The van der Waals surface area contributed by atoms with Crippen molar-refractivity contribution in [3.05, 3.63) is 72.1 Å². The van der Waals surface area contributed by atoms with Crippen molar-refractivity contribution in [2.75, 3.05) is 13.1 Å². The Hall–Kier alpha value is -3.08. The zero-order chi connectivity index (χ0) is 17.9. The highest BCUT2D eigenvalue weighted by Crippen LogP contribution is 2.25. The van der Waals surface area contributed by atoms with Gasteiger partial charge < -0.3 is 10.0 Å². The van der Waals surface area contributed by atoms with E-state index >= 15 is 0 Å². The zero-order valence-corrected chi connectivity index (χ0v) is 14.4. The van der Waals surface area contributed by atoms with Crippen molar-refractivity contribution in [2.24, 2.45) is 5.92 Å². The third kappa shape index (κ3) is 3.47. The van der Waals surface area contributed by atoms with Crippen molar-refractivity contribution in [3.63, 3.8) is 0 Å². The van der Waals surface area contributed by atoms with Crippen molar-refractivity contribution in [1.82, 2.24) is 15.1 Å². The van der Waals surface area contributed by atoms with Gasteiger partial charge in [0.1, 0.15) is 5.75 Å². The van der Waals surface area contributed by atoms with Crippen molar-refractivity contribution in [2.45, 2.75) is 12.8 Å². The van der Waals surface area contributed by atoms with Crippen LogP contribution in [0.3, 0.4) is 0 Å². The molecule has 1 amide bonds. The Kier molecular flexibility index (Phi) is 4.44. The number of aromatic amines is 1. The van der Waals surface area contributed by atoms with E-state index in [0.29, 0.717) is 11.5 Å². The number of rotatable bonds is 4. The van der Waals surface area contributed by atoms with E-state index in [0.717, 1.165) is 37.1 Å². The lowest BCUT2D eigenvalue weighted by molar-refractivity contribution is 0.0787. The van der Waals surface area contributed by atoms with E-state index in [-0.39, 0.29) is 11.7 Å². The summed E-state index contributed by atoms with van der Waals surface area (Å²) >= 11 is 0. The molecule has 2 heterocycles. The lowest BCUT2D eigenvalue weighted by atomic mass is 9.99. The average Bonchev–Trinajstić information content (AvgIpc) is 3.35. The van der Waals surface area contributed by atoms with Gasteiger partial charge >= 0.3 is 0 Å². The van der Waals surface area contributed by atoms with E-state index in [2.05, 4.69) is 10.2 Å². The van der Waals surface area contributed by atoms with Crippen LogP contribution in [-0.2, 0) is 6.42 Å².